The third-order valence-corrected chi connectivity index (χ3v) is 4.90. The van der Waals surface area contributed by atoms with E-state index in [-0.39, 0.29) is 0 Å². The Labute approximate surface area is 130 Å². The molecule has 0 saturated carbocycles. The zero-order chi connectivity index (χ0) is 13.8. The van der Waals surface area contributed by atoms with E-state index < -0.39 is 6.10 Å². The number of pyridine rings is 1. The van der Waals surface area contributed by atoms with Crippen molar-refractivity contribution < 1.29 is 5.11 Å². The van der Waals surface area contributed by atoms with Crippen molar-refractivity contribution in [3.05, 3.63) is 62.3 Å². The van der Waals surface area contributed by atoms with Crippen LogP contribution in [0.25, 0.3) is 0 Å². The first-order valence-corrected chi connectivity index (χ1v) is 7.75. The molecule has 0 bridgehead atoms. The molecule has 1 aromatic heterocycles. The van der Waals surface area contributed by atoms with Gasteiger partial charge in [-0.15, -0.1) is 0 Å². The van der Waals surface area contributed by atoms with Crippen molar-refractivity contribution in [2.75, 3.05) is 0 Å². The van der Waals surface area contributed by atoms with E-state index in [1.54, 1.807) is 0 Å². The molecular weight excluding hydrogens is 370 g/mol. The molecule has 2 rings (SSSR count). The fourth-order valence-electron chi connectivity index (χ4n) is 1.82. The number of aryl methyl sites for hydroxylation is 1. The number of rotatable bonds is 4. The summed E-state index contributed by atoms with van der Waals surface area (Å²) in [6, 6.07) is 9.81. The molecule has 0 aliphatic carbocycles. The summed E-state index contributed by atoms with van der Waals surface area (Å²) in [7, 11) is 0. The lowest BCUT2D eigenvalue weighted by Gasteiger charge is -2.12. The van der Waals surface area contributed by atoms with Gasteiger partial charge in [-0.2, -0.15) is 0 Å². The van der Waals surface area contributed by atoms with Crippen LogP contribution in [0.4, 0.5) is 0 Å². The number of aliphatic hydroxyl groups is 1. The second-order valence-electron chi connectivity index (χ2n) is 4.40. The van der Waals surface area contributed by atoms with Gasteiger partial charge in [0.15, 0.2) is 0 Å². The minimum Gasteiger partial charge on any atom is -0.388 e. The summed E-state index contributed by atoms with van der Waals surface area (Å²) in [5.74, 6) is 0. The molecule has 0 amide bonds. The largest absolute Gasteiger partial charge is 0.388 e. The Morgan fingerprint density at radius 2 is 1.95 bits per heavy atom. The Hall–Kier alpha value is -0.710. The quantitative estimate of drug-likeness (QED) is 0.844. The number of nitrogens with zero attached hydrogens (tertiary/aromatic N) is 1. The van der Waals surface area contributed by atoms with Gasteiger partial charge >= 0.3 is 0 Å². The zero-order valence-corrected chi connectivity index (χ0v) is 13.8. The van der Waals surface area contributed by atoms with Gasteiger partial charge in [-0.05, 0) is 67.6 Å². The summed E-state index contributed by atoms with van der Waals surface area (Å²) >= 11 is 6.87. The number of hydrogen-bond donors (Lipinski definition) is 1. The number of halogens is 2. The van der Waals surface area contributed by atoms with E-state index in [9.17, 15) is 5.11 Å². The molecule has 2 aromatic rings. The molecule has 0 aliphatic heterocycles. The van der Waals surface area contributed by atoms with Crippen molar-refractivity contribution in [3.63, 3.8) is 0 Å². The number of benzene rings is 1. The van der Waals surface area contributed by atoms with E-state index in [0.29, 0.717) is 6.42 Å². The molecule has 0 aliphatic rings. The van der Waals surface area contributed by atoms with Crippen LogP contribution in [0.1, 0.15) is 29.8 Å². The predicted molar refractivity (Wildman–Crippen MR) is 84.1 cm³/mol. The molecule has 0 saturated heterocycles. The maximum atomic E-state index is 10.2. The van der Waals surface area contributed by atoms with E-state index in [1.807, 2.05) is 30.5 Å². The van der Waals surface area contributed by atoms with Crippen LogP contribution in [-0.2, 0) is 12.8 Å². The Balaban J connectivity index is 2.10. The Bertz CT molecular complexity index is 555. The fourth-order valence-corrected chi connectivity index (χ4v) is 2.46. The van der Waals surface area contributed by atoms with Crippen LogP contribution in [0, 0.1) is 0 Å². The molecule has 2 nitrogen and oxygen atoms in total. The van der Waals surface area contributed by atoms with E-state index in [0.717, 1.165) is 26.6 Å². The molecule has 1 atom stereocenters. The van der Waals surface area contributed by atoms with Gasteiger partial charge in [0.05, 0.1) is 6.10 Å². The molecule has 1 unspecified atom stereocenters. The maximum absolute atomic E-state index is 10.2. The molecule has 4 heteroatoms. The first-order chi connectivity index (χ1) is 9.10. The van der Waals surface area contributed by atoms with E-state index in [1.165, 1.54) is 5.56 Å². The molecule has 1 heterocycles. The highest BCUT2D eigenvalue weighted by Gasteiger charge is 2.11. The second-order valence-corrected chi connectivity index (χ2v) is 6.11. The minimum absolute atomic E-state index is 0.526. The number of aliphatic hydroxyl groups excluding tert-OH is 1. The summed E-state index contributed by atoms with van der Waals surface area (Å²) < 4.78 is 1.92. The van der Waals surface area contributed by atoms with Gasteiger partial charge in [-0.3, -0.25) is 4.98 Å². The van der Waals surface area contributed by atoms with Crippen molar-refractivity contribution in [3.8, 4) is 0 Å². The standard InChI is InChI=1S/C15H15Br2NO/c1-2-10-3-5-12(18-9-10)8-15(19)11-4-6-13(16)14(17)7-11/h3-7,9,15,19H,2,8H2,1H3. The van der Waals surface area contributed by atoms with Crippen molar-refractivity contribution in [1.82, 2.24) is 4.98 Å². The molecule has 0 radical (unpaired) electrons. The molecule has 1 N–H and O–H groups in total. The first-order valence-electron chi connectivity index (χ1n) is 6.17. The monoisotopic (exact) mass is 383 g/mol. The molecular formula is C15H15Br2NO. The zero-order valence-electron chi connectivity index (χ0n) is 10.6. The van der Waals surface area contributed by atoms with Gasteiger partial charge in [0.1, 0.15) is 0 Å². The van der Waals surface area contributed by atoms with Gasteiger partial charge in [0, 0.05) is 27.3 Å². The van der Waals surface area contributed by atoms with Crippen LogP contribution in [0.3, 0.4) is 0 Å². The van der Waals surface area contributed by atoms with Gasteiger partial charge in [0.2, 0.25) is 0 Å². The van der Waals surface area contributed by atoms with E-state index in [2.05, 4.69) is 49.8 Å². The molecule has 0 spiro atoms. The fraction of sp³-hybridized carbons (Fsp3) is 0.267. The lowest BCUT2D eigenvalue weighted by molar-refractivity contribution is 0.177. The third kappa shape index (κ3) is 3.88. The van der Waals surface area contributed by atoms with Crippen molar-refractivity contribution in [2.45, 2.75) is 25.9 Å². The SMILES string of the molecule is CCc1ccc(CC(O)c2ccc(Br)c(Br)c2)nc1. The van der Waals surface area contributed by atoms with Crippen LogP contribution < -0.4 is 0 Å². The Morgan fingerprint density at radius 1 is 1.16 bits per heavy atom. The highest BCUT2D eigenvalue weighted by Crippen LogP contribution is 2.27. The summed E-state index contributed by atoms with van der Waals surface area (Å²) in [4.78, 5) is 4.37. The normalized spacial score (nSPS) is 12.4. The predicted octanol–water partition coefficient (Wildman–Crippen LogP) is 4.45. The van der Waals surface area contributed by atoms with Crippen molar-refractivity contribution in [1.29, 1.82) is 0 Å². The summed E-state index contributed by atoms with van der Waals surface area (Å²) in [6.45, 7) is 2.10. The third-order valence-electron chi connectivity index (χ3n) is 3.03. The van der Waals surface area contributed by atoms with Crippen LogP contribution in [0.15, 0.2) is 45.5 Å². The van der Waals surface area contributed by atoms with Crippen molar-refractivity contribution in [2.24, 2.45) is 0 Å². The van der Waals surface area contributed by atoms with Gasteiger partial charge < -0.3 is 5.11 Å². The Kier molecular flexibility index (Phi) is 5.13. The van der Waals surface area contributed by atoms with Crippen molar-refractivity contribution >= 4 is 31.9 Å². The average molecular weight is 385 g/mol. The molecule has 100 valence electrons. The minimum atomic E-state index is -0.538. The summed E-state index contributed by atoms with van der Waals surface area (Å²) in [5.41, 5.74) is 3.00. The van der Waals surface area contributed by atoms with E-state index >= 15 is 0 Å². The highest BCUT2D eigenvalue weighted by atomic mass is 79.9. The first kappa shape index (κ1) is 14.7. The van der Waals surface area contributed by atoms with Gasteiger partial charge in [0.25, 0.3) is 0 Å². The van der Waals surface area contributed by atoms with Crippen LogP contribution in [0.2, 0.25) is 0 Å². The maximum Gasteiger partial charge on any atom is 0.0845 e. The van der Waals surface area contributed by atoms with Gasteiger partial charge in [-0.25, -0.2) is 0 Å². The lowest BCUT2D eigenvalue weighted by Crippen LogP contribution is -2.03. The molecule has 0 fully saturated rings. The van der Waals surface area contributed by atoms with Gasteiger partial charge in [-0.1, -0.05) is 19.1 Å². The number of aromatic nitrogens is 1. The van der Waals surface area contributed by atoms with E-state index in [4.69, 9.17) is 0 Å². The topological polar surface area (TPSA) is 33.1 Å². The second kappa shape index (κ2) is 6.64. The summed E-state index contributed by atoms with van der Waals surface area (Å²) in [6.07, 6.45) is 2.84. The average Bonchev–Trinajstić information content (AvgIpc) is 2.42. The summed E-state index contributed by atoms with van der Waals surface area (Å²) in [5, 5.41) is 10.2. The number of hydrogen-bond acceptors (Lipinski definition) is 2. The van der Waals surface area contributed by atoms with Crippen LogP contribution in [0.5, 0.6) is 0 Å². The van der Waals surface area contributed by atoms with Crippen LogP contribution in [-0.4, -0.2) is 10.1 Å². The molecule has 19 heavy (non-hydrogen) atoms. The highest BCUT2D eigenvalue weighted by molar-refractivity contribution is 9.13. The van der Waals surface area contributed by atoms with Crippen LogP contribution >= 0.6 is 31.9 Å². The Morgan fingerprint density at radius 3 is 2.53 bits per heavy atom. The lowest BCUT2D eigenvalue weighted by atomic mass is 10.0. The smallest absolute Gasteiger partial charge is 0.0845 e. The molecule has 1 aromatic carbocycles.